The van der Waals surface area contributed by atoms with Gasteiger partial charge in [-0.3, -0.25) is 9.59 Å². The lowest BCUT2D eigenvalue weighted by atomic mass is 10.0. The van der Waals surface area contributed by atoms with Crippen LogP contribution in [0.15, 0.2) is 0 Å². The Hall–Kier alpha value is -0.900. The highest BCUT2D eigenvalue weighted by molar-refractivity contribution is 5.78. The molecule has 0 amide bonds. The molecule has 0 aliphatic carbocycles. The van der Waals surface area contributed by atoms with E-state index in [-0.39, 0.29) is 6.42 Å². The molecule has 4 heteroatoms. The average molecular weight is 328 g/mol. The van der Waals surface area contributed by atoms with E-state index in [0.29, 0.717) is 12.4 Å². The van der Waals surface area contributed by atoms with E-state index in [9.17, 15) is 9.59 Å². The van der Waals surface area contributed by atoms with Crippen LogP contribution >= 0.6 is 0 Å². The third-order valence-corrected chi connectivity index (χ3v) is 4.21. The van der Waals surface area contributed by atoms with Gasteiger partial charge >= 0.3 is 5.97 Å². The van der Waals surface area contributed by atoms with E-state index in [2.05, 4.69) is 0 Å². The number of carbonyl (C=O) groups is 2. The summed E-state index contributed by atoms with van der Waals surface area (Å²) in [5.74, 6) is -0.296. The molecule has 0 aromatic heterocycles. The summed E-state index contributed by atoms with van der Waals surface area (Å²) in [7, 11) is 0. The molecule has 0 heterocycles. The fourth-order valence-electron chi connectivity index (χ4n) is 2.75. The fraction of sp³-hybridized carbons (Fsp3) is 0.895. The van der Waals surface area contributed by atoms with E-state index >= 15 is 0 Å². The van der Waals surface area contributed by atoms with E-state index in [1.54, 1.807) is 0 Å². The molecule has 0 atom stereocenters. The summed E-state index contributed by atoms with van der Waals surface area (Å²) >= 11 is 0. The predicted octanol–water partition coefficient (Wildman–Crippen LogP) is 4.87. The number of hydrogen-bond acceptors (Lipinski definition) is 3. The smallest absolute Gasteiger partial charge is 0.303 e. The molecule has 0 aliphatic heterocycles. The monoisotopic (exact) mass is 328 g/mol. The largest absolute Gasteiger partial charge is 0.481 e. The van der Waals surface area contributed by atoms with Crippen LogP contribution in [0.4, 0.5) is 0 Å². The van der Waals surface area contributed by atoms with Gasteiger partial charge in [-0.15, -0.1) is 0 Å². The van der Waals surface area contributed by atoms with Gasteiger partial charge in [0.25, 0.3) is 0 Å². The number of aliphatic hydroxyl groups is 1. The number of carboxylic acids is 1. The molecule has 0 saturated heterocycles. The SMILES string of the molecule is O=C(O)CCCCCCCCCC(=O)CCCCCCCCO. The maximum absolute atomic E-state index is 11.7. The molecule has 23 heavy (non-hydrogen) atoms. The van der Waals surface area contributed by atoms with Gasteiger partial charge in [0.2, 0.25) is 0 Å². The van der Waals surface area contributed by atoms with Crippen LogP contribution in [0.5, 0.6) is 0 Å². The lowest BCUT2D eigenvalue weighted by Gasteiger charge is -2.03. The zero-order chi connectivity index (χ0) is 17.2. The molecule has 0 radical (unpaired) electrons. The number of aliphatic hydroxyl groups excluding tert-OH is 1. The average Bonchev–Trinajstić information content (AvgIpc) is 2.52. The zero-order valence-corrected chi connectivity index (χ0v) is 14.7. The van der Waals surface area contributed by atoms with Crippen molar-refractivity contribution in [1.82, 2.24) is 0 Å². The number of Topliss-reactive ketones (excluding diaryl/α,β-unsaturated/α-hetero) is 1. The molecular formula is C19H36O4. The summed E-state index contributed by atoms with van der Waals surface area (Å²) in [4.78, 5) is 22.1. The molecule has 0 rings (SSSR count). The van der Waals surface area contributed by atoms with Crippen molar-refractivity contribution in [2.45, 2.75) is 103 Å². The first-order valence-electron chi connectivity index (χ1n) is 9.51. The maximum atomic E-state index is 11.7. The molecule has 2 N–H and O–H groups in total. The van der Waals surface area contributed by atoms with Gasteiger partial charge in [-0.25, -0.2) is 0 Å². The minimum atomic E-state index is -0.700. The number of carbonyl (C=O) groups excluding carboxylic acids is 1. The normalized spacial score (nSPS) is 10.8. The van der Waals surface area contributed by atoms with Gasteiger partial charge in [0.15, 0.2) is 0 Å². The number of unbranched alkanes of at least 4 members (excludes halogenated alkanes) is 11. The Morgan fingerprint density at radius 1 is 0.522 bits per heavy atom. The van der Waals surface area contributed by atoms with Gasteiger partial charge in [-0.2, -0.15) is 0 Å². The standard InChI is InChI=1S/C19H36O4/c20-17-13-9-5-4-7-11-15-18(21)14-10-6-2-1-3-8-12-16-19(22)23/h20H,1-17H2,(H,22,23). The Morgan fingerprint density at radius 3 is 1.26 bits per heavy atom. The van der Waals surface area contributed by atoms with Crippen LogP contribution in [0, 0.1) is 0 Å². The number of aliphatic carboxylic acids is 1. The van der Waals surface area contributed by atoms with Crippen LogP contribution in [0.25, 0.3) is 0 Å². The second-order valence-corrected chi connectivity index (χ2v) is 6.50. The number of carboxylic acid groups (broad SMARTS) is 1. The molecule has 0 aliphatic rings. The highest BCUT2D eigenvalue weighted by Gasteiger charge is 2.02. The van der Waals surface area contributed by atoms with Crippen molar-refractivity contribution in [3.05, 3.63) is 0 Å². The number of rotatable bonds is 18. The third kappa shape index (κ3) is 19.1. The van der Waals surface area contributed by atoms with Crippen molar-refractivity contribution >= 4 is 11.8 Å². The van der Waals surface area contributed by atoms with E-state index < -0.39 is 5.97 Å². The molecule has 0 bridgehead atoms. The minimum absolute atomic E-state index is 0.288. The minimum Gasteiger partial charge on any atom is -0.481 e. The molecule has 4 nitrogen and oxygen atoms in total. The molecule has 0 saturated carbocycles. The Kier molecular flexibility index (Phi) is 16.8. The molecular weight excluding hydrogens is 292 g/mol. The van der Waals surface area contributed by atoms with Crippen molar-refractivity contribution in [2.24, 2.45) is 0 Å². The Morgan fingerprint density at radius 2 is 0.870 bits per heavy atom. The van der Waals surface area contributed by atoms with Crippen molar-refractivity contribution < 1.29 is 19.8 Å². The quantitative estimate of drug-likeness (QED) is 0.352. The summed E-state index contributed by atoms with van der Waals surface area (Å²) < 4.78 is 0. The summed E-state index contributed by atoms with van der Waals surface area (Å²) in [6, 6.07) is 0. The van der Waals surface area contributed by atoms with Gasteiger partial charge in [0.05, 0.1) is 0 Å². The maximum Gasteiger partial charge on any atom is 0.303 e. The van der Waals surface area contributed by atoms with Crippen LogP contribution in [0.2, 0.25) is 0 Å². The molecule has 0 spiro atoms. The van der Waals surface area contributed by atoms with E-state index in [1.807, 2.05) is 0 Å². The van der Waals surface area contributed by atoms with Gasteiger partial charge in [-0.1, -0.05) is 57.8 Å². The second kappa shape index (κ2) is 17.5. The van der Waals surface area contributed by atoms with Crippen LogP contribution in [0.3, 0.4) is 0 Å². The second-order valence-electron chi connectivity index (χ2n) is 6.50. The first-order chi connectivity index (χ1) is 11.2. The van der Waals surface area contributed by atoms with Crippen LogP contribution in [0.1, 0.15) is 103 Å². The Balaban J connectivity index is 3.17. The topological polar surface area (TPSA) is 74.6 Å². The molecule has 0 aromatic carbocycles. The van der Waals surface area contributed by atoms with Crippen molar-refractivity contribution in [2.75, 3.05) is 6.61 Å². The van der Waals surface area contributed by atoms with Crippen LogP contribution in [-0.4, -0.2) is 28.6 Å². The first kappa shape index (κ1) is 22.1. The van der Waals surface area contributed by atoms with Crippen LogP contribution in [-0.2, 0) is 9.59 Å². The Bertz CT molecular complexity index is 289. The van der Waals surface area contributed by atoms with Gasteiger partial charge < -0.3 is 10.2 Å². The molecule has 0 aromatic rings. The van der Waals surface area contributed by atoms with E-state index in [0.717, 1.165) is 83.5 Å². The predicted molar refractivity (Wildman–Crippen MR) is 93.6 cm³/mol. The number of ketones is 1. The third-order valence-electron chi connectivity index (χ3n) is 4.21. The fourth-order valence-corrected chi connectivity index (χ4v) is 2.75. The van der Waals surface area contributed by atoms with Crippen molar-refractivity contribution in [3.63, 3.8) is 0 Å². The van der Waals surface area contributed by atoms with Gasteiger partial charge in [0.1, 0.15) is 5.78 Å². The summed E-state index contributed by atoms with van der Waals surface area (Å²) in [5, 5.41) is 17.2. The van der Waals surface area contributed by atoms with Crippen LogP contribution < -0.4 is 0 Å². The summed E-state index contributed by atoms with van der Waals surface area (Å²) in [5.41, 5.74) is 0. The summed E-state index contributed by atoms with van der Waals surface area (Å²) in [6.45, 7) is 0.292. The van der Waals surface area contributed by atoms with Gasteiger partial charge in [-0.05, 0) is 25.7 Å². The van der Waals surface area contributed by atoms with E-state index in [1.165, 1.54) is 12.8 Å². The Labute approximate surface area is 141 Å². The molecule has 0 unspecified atom stereocenters. The van der Waals surface area contributed by atoms with Crippen molar-refractivity contribution in [1.29, 1.82) is 0 Å². The van der Waals surface area contributed by atoms with Gasteiger partial charge in [0, 0.05) is 25.9 Å². The zero-order valence-electron chi connectivity index (χ0n) is 14.7. The lowest BCUT2D eigenvalue weighted by Crippen LogP contribution is -1.97. The molecule has 136 valence electrons. The highest BCUT2D eigenvalue weighted by atomic mass is 16.4. The number of hydrogen-bond donors (Lipinski definition) is 2. The molecule has 0 fully saturated rings. The lowest BCUT2D eigenvalue weighted by molar-refractivity contribution is -0.137. The van der Waals surface area contributed by atoms with E-state index in [4.69, 9.17) is 10.2 Å². The highest BCUT2D eigenvalue weighted by Crippen LogP contribution is 2.12. The van der Waals surface area contributed by atoms with Crippen molar-refractivity contribution in [3.8, 4) is 0 Å². The summed E-state index contributed by atoms with van der Waals surface area (Å²) in [6.07, 6.45) is 15.6. The first-order valence-corrected chi connectivity index (χ1v) is 9.51.